The molecule has 11 heavy (non-hydrogen) atoms. The van der Waals surface area contributed by atoms with E-state index in [1.165, 1.54) is 0 Å². The molecule has 1 fully saturated rings. The number of carbonyl (C=O) groups is 2. The van der Waals surface area contributed by atoms with Gasteiger partial charge < -0.3 is 15.4 Å². The zero-order valence-electron chi connectivity index (χ0n) is 5.59. The zero-order valence-corrected chi connectivity index (χ0v) is 7.75. The van der Waals surface area contributed by atoms with Crippen LogP contribution in [-0.4, -0.2) is 29.2 Å². The first kappa shape index (κ1) is 8.57. The molecule has 0 spiro atoms. The van der Waals surface area contributed by atoms with E-state index >= 15 is 0 Å². The van der Waals surface area contributed by atoms with Gasteiger partial charge in [0.2, 0.25) is 0 Å². The van der Waals surface area contributed by atoms with Gasteiger partial charge in [-0.3, -0.25) is 4.79 Å². The van der Waals surface area contributed by atoms with Crippen molar-refractivity contribution in [2.45, 2.75) is 6.04 Å². The molecule has 1 saturated heterocycles. The van der Waals surface area contributed by atoms with Crippen molar-refractivity contribution in [1.82, 2.24) is 10.6 Å². The molecule has 1 rings (SSSR count). The van der Waals surface area contributed by atoms with E-state index in [2.05, 4.69) is 15.4 Å². The molecule has 1 heterocycles. The summed E-state index contributed by atoms with van der Waals surface area (Å²) in [4.78, 5) is 20.9. The second kappa shape index (κ2) is 3.74. The maximum absolute atomic E-state index is 10.5. The predicted molar refractivity (Wildman–Crippen MR) is 45.7 cm³/mol. The third kappa shape index (κ3) is 2.91. The number of amides is 2. The molecule has 0 aliphatic carbocycles. The summed E-state index contributed by atoms with van der Waals surface area (Å²) in [5, 5.41) is 5.09. The van der Waals surface area contributed by atoms with Crippen LogP contribution in [0.5, 0.6) is 0 Å². The summed E-state index contributed by atoms with van der Waals surface area (Å²) in [5.41, 5.74) is 0. The van der Waals surface area contributed by atoms with E-state index in [1.807, 2.05) is 0 Å². The molecule has 6 heteroatoms. The average molecular weight is 270 g/mol. The number of cyclic esters (lactones) is 1. The molecule has 2 amide bonds. The van der Waals surface area contributed by atoms with Gasteiger partial charge in [0, 0.05) is 29.1 Å². The first-order valence-corrected chi connectivity index (χ1v) is 4.13. The summed E-state index contributed by atoms with van der Waals surface area (Å²) in [6, 6.07) is -0.0822. The highest BCUT2D eigenvalue weighted by Crippen LogP contribution is 1.96. The number of hydrogen-bond acceptors (Lipinski definition) is 3. The molecule has 0 aromatic carbocycles. The first-order valence-electron chi connectivity index (χ1n) is 3.05. The molecule has 5 nitrogen and oxygen atoms in total. The van der Waals surface area contributed by atoms with Gasteiger partial charge in [-0.25, -0.2) is 4.79 Å². The summed E-state index contributed by atoms with van der Waals surface area (Å²) < 4.78 is 4.46. The molecule has 0 aromatic rings. The summed E-state index contributed by atoms with van der Waals surface area (Å²) in [5.74, 6) is 0. The Hall–Kier alpha value is -0.530. The molecule has 1 unspecified atom stereocenters. The Kier molecular flexibility index (Phi) is 2.92. The highest BCUT2D eigenvalue weighted by atomic mass is 127. The van der Waals surface area contributed by atoms with Crippen LogP contribution in [0, 0.1) is 0 Å². The van der Waals surface area contributed by atoms with Crippen molar-refractivity contribution < 1.29 is 14.3 Å². The quantitative estimate of drug-likeness (QED) is 0.429. The SMILES string of the molecule is O=C(I)NCC1COC(=O)N1. The van der Waals surface area contributed by atoms with E-state index in [-0.39, 0.29) is 9.96 Å². The number of nitrogens with one attached hydrogen (secondary N) is 2. The lowest BCUT2D eigenvalue weighted by atomic mass is 10.3. The lowest BCUT2D eigenvalue weighted by Gasteiger charge is -2.05. The minimum Gasteiger partial charge on any atom is -0.447 e. The smallest absolute Gasteiger partial charge is 0.407 e. The van der Waals surface area contributed by atoms with Crippen molar-refractivity contribution in [2.75, 3.05) is 13.2 Å². The maximum atomic E-state index is 10.5. The van der Waals surface area contributed by atoms with Crippen molar-refractivity contribution in [3.8, 4) is 0 Å². The molecule has 1 aliphatic rings. The van der Waals surface area contributed by atoms with Crippen LogP contribution in [0.25, 0.3) is 0 Å². The molecule has 1 aliphatic heterocycles. The van der Waals surface area contributed by atoms with Gasteiger partial charge in [0.05, 0.1) is 6.04 Å². The molecular formula is C5H7IN2O3. The Bertz CT molecular complexity index is 185. The number of halogens is 1. The van der Waals surface area contributed by atoms with Crippen molar-refractivity contribution in [3.05, 3.63) is 0 Å². The first-order chi connectivity index (χ1) is 5.18. The normalized spacial score (nSPS) is 22.3. The molecule has 0 aromatic heterocycles. The highest BCUT2D eigenvalue weighted by Gasteiger charge is 2.21. The van der Waals surface area contributed by atoms with E-state index in [4.69, 9.17) is 0 Å². The fraction of sp³-hybridized carbons (Fsp3) is 0.600. The lowest BCUT2D eigenvalue weighted by molar-refractivity contribution is 0.177. The zero-order chi connectivity index (χ0) is 8.27. The third-order valence-corrected chi connectivity index (χ3v) is 1.61. The summed E-state index contributed by atoms with van der Waals surface area (Å²) >= 11 is 1.63. The molecule has 0 saturated carbocycles. The van der Waals surface area contributed by atoms with Crippen molar-refractivity contribution in [2.24, 2.45) is 0 Å². The van der Waals surface area contributed by atoms with Gasteiger partial charge in [0.1, 0.15) is 6.61 Å². The van der Waals surface area contributed by atoms with Crippen LogP contribution in [0.15, 0.2) is 0 Å². The summed E-state index contributed by atoms with van der Waals surface area (Å²) in [6.07, 6.45) is -0.419. The van der Waals surface area contributed by atoms with Gasteiger partial charge >= 0.3 is 6.09 Å². The Balaban J connectivity index is 2.18. The second-order valence-electron chi connectivity index (χ2n) is 2.09. The van der Waals surface area contributed by atoms with E-state index in [1.54, 1.807) is 22.6 Å². The van der Waals surface area contributed by atoms with Crippen LogP contribution in [-0.2, 0) is 4.74 Å². The number of alkyl carbamates (subject to hydrolysis) is 1. The van der Waals surface area contributed by atoms with Crippen LogP contribution in [0.2, 0.25) is 0 Å². The van der Waals surface area contributed by atoms with Gasteiger partial charge in [-0.2, -0.15) is 0 Å². The number of carbonyl (C=O) groups excluding carboxylic acids is 2. The molecule has 1 atom stereocenters. The second-order valence-corrected chi connectivity index (χ2v) is 3.07. The van der Waals surface area contributed by atoms with Crippen LogP contribution in [0.3, 0.4) is 0 Å². The lowest BCUT2D eigenvalue weighted by Crippen LogP contribution is -2.37. The number of ether oxygens (including phenoxy) is 1. The minimum atomic E-state index is -0.419. The Morgan fingerprint density at radius 3 is 3.09 bits per heavy atom. The van der Waals surface area contributed by atoms with Crippen molar-refractivity contribution in [1.29, 1.82) is 0 Å². The van der Waals surface area contributed by atoms with Gasteiger partial charge in [0.25, 0.3) is 3.91 Å². The maximum Gasteiger partial charge on any atom is 0.407 e. The van der Waals surface area contributed by atoms with Crippen molar-refractivity contribution in [3.63, 3.8) is 0 Å². The van der Waals surface area contributed by atoms with Gasteiger partial charge in [-0.1, -0.05) is 0 Å². The van der Waals surface area contributed by atoms with E-state index < -0.39 is 6.09 Å². The Labute approximate surface area is 77.0 Å². The van der Waals surface area contributed by atoms with Gasteiger partial charge in [0.15, 0.2) is 0 Å². The molecular weight excluding hydrogens is 263 g/mol. The topological polar surface area (TPSA) is 67.4 Å². The molecule has 62 valence electrons. The van der Waals surface area contributed by atoms with Crippen LogP contribution >= 0.6 is 22.6 Å². The van der Waals surface area contributed by atoms with Crippen LogP contribution in [0.1, 0.15) is 0 Å². The van der Waals surface area contributed by atoms with E-state index in [0.29, 0.717) is 13.2 Å². The summed E-state index contributed by atoms with van der Waals surface area (Å²) in [7, 11) is 0. The van der Waals surface area contributed by atoms with Gasteiger partial charge in [-0.05, 0) is 0 Å². The predicted octanol–water partition coefficient (Wildman–Crippen LogP) is 0.239. The molecule has 0 radical (unpaired) electrons. The minimum absolute atomic E-state index is 0.0822. The van der Waals surface area contributed by atoms with Crippen LogP contribution < -0.4 is 10.6 Å². The van der Waals surface area contributed by atoms with Crippen LogP contribution in [0.4, 0.5) is 9.59 Å². The largest absolute Gasteiger partial charge is 0.447 e. The van der Waals surface area contributed by atoms with E-state index in [9.17, 15) is 9.59 Å². The molecule has 0 bridgehead atoms. The number of hydrogen-bond donors (Lipinski definition) is 2. The average Bonchev–Trinajstić information content (AvgIpc) is 2.31. The van der Waals surface area contributed by atoms with Gasteiger partial charge in [-0.15, -0.1) is 0 Å². The van der Waals surface area contributed by atoms with Crippen molar-refractivity contribution >= 4 is 32.6 Å². The van der Waals surface area contributed by atoms with E-state index in [0.717, 1.165) is 0 Å². The highest BCUT2D eigenvalue weighted by molar-refractivity contribution is 14.1. The fourth-order valence-corrected chi connectivity index (χ4v) is 0.960. The Morgan fingerprint density at radius 1 is 1.91 bits per heavy atom. The molecule has 2 N–H and O–H groups in total. The summed E-state index contributed by atoms with van der Waals surface area (Å²) in [6.45, 7) is 0.753. The fourth-order valence-electron chi connectivity index (χ4n) is 0.740. The third-order valence-electron chi connectivity index (χ3n) is 1.23. The monoisotopic (exact) mass is 270 g/mol. The Morgan fingerprint density at radius 2 is 2.64 bits per heavy atom. The standard InChI is InChI=1S/C5H7IN2O3/c6-4(9)7-1-3-2-11-5(10)8-3/h3H,1-2H2,(H,7,9)(H,8,10). The number of rotatable bonds is 2.